The Balaban J connectivity index is 1.89. The molecular weight excluding hydrogens is 351 g/mol. The van der Waals surface area contributed by atoms with Gasteiger partial charge in [-0.15, -0.1) is 0 Å². The zero-order chi connectivity index (χ0) is 16.2. The van der Waals surface area contributed by atoms with Crippen LogP contribution in [0.25, 0.3) is 0 Å². The van der Waals surface area contributed by atoms with Gasteiger partial charge < -0.3 is 10.1 Å². The molecule has 0 aliphatic carbocycles. The number of anilines is 1. The van der Waals surface area contributed by atoms with Crippen LogP contribution in [0.15, 0.2) is 18.2 Å². The molecule has 0 aromatic heterocycles. The minimum absolute atomic E-state index is 0.135. The minimum atomic E-state index is -3.45. The predicted molar refractivity (Wildman–Crippen MR) is 85.9 cm³/mol. The Bertz CT molecular complexity index is 625. The molecule has 0 radical (unpaired) electrons. The van der Waals surface area contributed by atoms with Crippen LogP contribution in [0.1, 0.15) is 6.42 Å². The van der Waals surface area contributed by atoms with Gasteiger partial charge >= 0.3 is 0 Å². The first kappa shape index (κ1) is 17.5. The molecule has 2 rings (SSSR count). The Kier molecular flexibility index (Phi) is 6.05. The smallest absolute Gasteiger partial charge is 0.225 e. The third-order valence-corrected chi connectivity index (χ3v) is 5.41. The normalized spacial score (nSPS) is 16.5. The minimum Gasteiger partial charge on any atom is -0.379 e. The van der Waals surface area contributed by atoms with Gasteiger partial charge in [-0.3, -0.25) is 4.79 Å². The van der Waals surface area contributed by atoms with Crippen molar-refractivity contribution in [3.8, 4) is 0 Å². The molecule has 9 heteroatoms. The molecule has 0 bridgehead atoms. The number of hydrogen-bond donors (Lipinski definition) is 1. The second-order valence-electron chi connectivity index (χ2n) is 4.78. The highest BCUT2D eigenvalue weighted by atomic mass is 35.5. The molecule has 1 heterocycles. The van der Waals surface area contributed by atoms with Crippen LogP contribution in [0.4, 0.5) is 5.69 Å². The Morgan fingerprint density at radius 1 is 1.18 bits per heavy atom. The molecule has 1 amide bonds. The second-order valence-corrected chi connectivity index (χ2v) is 7.75. The van der Waals surface area contributed by atoms with Gasteiger partial charge in [-0.25, -0.2) is 8.42 Å². The maximum Gasteiger partial charge on any atom is 0.225 e. The van der Waals surface area contributed by atoms with E-state index in [2.05, 4.69) is 5.32 Å². The van der Waals surface area contributed by atoms with Crippen molar-refractivity contribution in [1.29, 1.82) is 0 Å². The molecule has 6 nitrogen and oxygen atoms in total. The lowest BCUT2D eigenvalue weighted by Crippen LogP contribution is -2.42. The lowest BCUT2D eigenvalue weighted by molar-refractivity contribution is -0.115. The van der Waals surface area contributed by atoms with Crippen LogP contribution < -0.4 is 5.32 Å². The first-order chi connectivity index (χ1) is 10.4. The number of ether oxygens (including phenoxy) is 1. The molecule has 0 unspecified atom stereocenters. The fourth-order valence-electron chi connectivity index (χ4n) is 2.03. The van der Waals surface area contributed by atoms with Crippen molar-refractivity contribution in [2.45, 2.75) is 6.42 Å². The van der Waals surface area contributed by atoms with Crippen LogP contribution in [-0.4, -0.2) is 50.7 Å². The Morgan fingerprint density at radius 2 is 1.77 bits per heavy atom. The average Bonchev–Trinajstić information content (AvgIpc) is 2.45. The van der Waals surface area contributed by atoms with E-state index >= 15 is 0 Å². The number of morpholine rings is 1. The van der Waals surface area contributed by atoms with Gasteiger partial charge in [-0.1, -0.05) is 23.2 Å². The highest BCUT2D eigenvalue weighted by molar-refractivity contribution is 7.89. The highest BCUT2D eigenvalue weighted by Gasteiger charge is 2.24. The molecular formula is C13H16Cl2N2O4S. The molecule has 0 spiro atoms. The van der Waals surface area contributed by atoms with Gasteiger partial charge in [-0.05, 0) is 18.2 Å². The van der Waals surface area contributed by atoms with Crippen LogP contribution in [-0.2, 0) is 19.6 Å². The highest BCUT2D eigenvalue weighted by Crippen LogP contribution is 2.22. The molecule has 1 saturated heterocycles. The number of benzene rings is 1. The monoisotopic (exact) mass is 366 g/mol. The average molecular weight is 367 g/mol. The molecule has 22 heavy (non-hydrogen) atoms. The quantitative estimate of drug-likeness (QED) is 0.864. The molecule has 1 aromatic rings. The standard InChI is InChI=1S/C13H16Cl2N2O4S/c14-10-7-11(15)9-12(8-10)16-13(18)1-6-22(19,20)17-2-4-21-5-3-17/h7-9H,1-6H2,(H,16,18). The molecule has 1 fully saturated rings. The number of halogens is 2. The fraction of sp³-hybridized carbons (Fsp3) is 0.462. The molecule has 1 N–H and O–H groups in total. The number of carbonyl (C=O) groups is 1. The number of hydrogen-bond acceptors (Lipinski definition) is 4. The number of nitrogens with one attached hydrogen (secondary N) is 1. The van der Waals surface area contributed by atoms with Crippen LogP contribution in [0.3, 0.4) is 0 Å². The summed E-state index contributed by atoms with van der Waals surface area (Å²) in [7, 11) is -3.45. The van der Waals surface area contributed by atoms with Gasteiger partial charge in [-0.2, -0.15) is 4.31 Å². The maximum atomic E-state index is 12.1. The summed E-state index contributed by atoms with van der Waals surface area (Å²) in [6.45, 7) is 1.42. The molecule has 1 aromatic carbocycles. The summed E-state index contributed by atoms with van der Waals surface area (Å²) in [5, 5.41) is 3.37. The van der Waals surface area contributed by atoms with E-state index in [1.165, 1.54) is 4.31 Å². The number of amides is 1. The van der Waals surface area contributed by atoms with E-state index in [-0.39, 0.29) is 12.2 Å². The summed E-state index contributed by atoms with van der Waals surface area (Å²) >= 11 is 11.7. The van der Waals surface area contributed by atoms with E-state index in [9.17, 15) is 13.2 Å². The fourth-order valence-corrected chi connectivity index (χ4v) is 3.96. The number of nitrogens with zero attached hydrogens (tertiary/aromatic N) is 1. The first-order valence-corrected chi connectivity index (χ1v) is 9.05. The van der Waals surface area contributed by atoms with Crippen molar-refractivity contribution in [2.75, 3.05) is 37.4 Å². The summed E-state index contributed by atoms with van der Waals surface area (Å²) in [6.07, 6.45) is -0.135. The van der Waals surface area contributed by atoms with Crippen molar-refractivity contribution in [3.63, 3.8) is 0 Å². The van der Waals surface area contributed by atoms with E-state index in [1.54, 1.807) is 18.2 Å². The largest absolute Gasteiger partial charge is 0.379 e. The van der Waals surface area contributed by atoms with Crippen molar-refractivity contribution >= 4 is 44.8 Å². The molecule has 0 atom stereocenters. The van der Waals surface area contributed by atoms with Gasteiger partial charge in [0.2, 0.25) is 15.9 Å². The zero-order valence-corrected chi connectivity index (χ0v) is 14.0. The van der Waals surface area contributed by atoms with E-state index in [4.69, 9.17) is 27.9 Å². The van der Waals surface area contributed by atoms with Gasteiger partial charge in [0.05, 0.1) is 19.0 Å². The van der Waals surface area contributed by atoms with Gasteiger partial charge in [0.15, 0.2) is 0 Å². The summed E-state index contributed by atoms with van der Waals surface area (Å²) < 4.78 is 30.7. The SMILES string of the molecule is O=C(CCS(=O)(=O)N1CCOCC1)Nc1cc(Cl)cc(Cl)c1. The molecule has 1 aliphatic rings. The summed E-state index contributed by atoms with van der Waals surface area (Å²) in [6, 6.07) is 4.63. The Hall–Kier alpha value is -0.860. The van der Waals surface area contributed by atoms with Crippen molar-refractivity contribution in [1.82, 2.24) is 4.31 Å². The van der Waals surface area contributed by atoms with E-state index in [0.29, 0.717) is 42.0 Å². The van der Waals surface area contributed by atoms with Crippen LogP contribution >= 0.6 is 23.2 Å². The third kappa shape index (κ3) is 5.10. The van der Waals surface area contributed by atoms with Crippen LogP contribution in [0.2, 0.25) is 10.0 Å². The topological polar surface area (TPSA) is 75.7 Å². The molecule has 0 saturated carbocycles. The van der Waals surface area contributed by atoms with Crippen LogP contribution in [0, 0.1) is 0 Å². The summed E-state index contributed by atoms with van der Waals surface area (Å²) in [5.74, 6) is -0.650. The van der Waals surface area contributed by atoms with E-state index in [0.717, 1.165) is 0 Å². The number of sulfonamides is 1. The summed E-state index contributed by atoms with van der Waals surface area (Å²) in [5.41, 5.74) is 0.436. The maximum absolute atomic E-state index is 12.1. The van der Waals surface area contributed by atoms with Gasteiger partial charge in [0.25, 0.3) is 0 Å². The predicted octanol–water partition coefficient (Wildman–Crippen LogP) is 1.98. The van der Waals surface area contributed by atoms with Crippen LogP contribution in [0.5, 0.6) is 0 Å². The Labute approximate surface area is 139 Å². The third-order valence-electron chi connectivity index (χ3n) is 3.10. The lowest BCUT2D eigenvalue weighted by Gasteiger charge is -2.25. The summed E-state index contributed by atoms with van der Waals surface area (Å²) in [4.78, 5) is 11.9. The number of carbonyl (C=O) groups excluding carboxylic acids is 1. The van der Waals surface area contributed by atoms with E-state index < -0.39 is 15.9 Å². The van der Waals surface area contributed by atoms with Gasteiger partial charge in [0.1, 0.15) is 0 Å². The first-order valence-electron chi connectivity index (χ1n) is 6.68. The lowest BCUT2D eigenvalue weighted by atomic mass is 10.3. The van der Waals surface area contributed by atoms with Gasteiger partial charge in [0, 0.05) is 35.2 Å². The molecule has 122 valence electrons. The van der Waals surface area contributed by atoms with Crippen molar-refractivity contribution in [3.05, 3.63) is 28.2 Å². The zero-order valence-electron chi connectivity index (χ0n) is 11.7. The molecule has 1 aliphatic heterocycles. The van der Waals surface area contributed by atoms with Crippen molar-refractivity contribution in [2.24, 2.45) is 0 Å². The van der Waals surface area contributed by atoms with Crippen molar-refractivity contribution < 1.29 is 17.9 Å². The van der Waals surface area contributed by atoms with E-state index in [1.807, 2.05) is 0 Å². The second kappa shape index (κ2) is 7.61. The number of rotatable bonds is 5. The Morgan fingerprint density at radius 3 is 2.36 bits per heavy atom.